The molecular formula is C12H17FO. The Balaban J connectivity index is 3.04. The van der Waals surface area contributed by atoms with E-state index in [4.69, 9.17) is 0 Å². The fraction of sp³-hybridized carbons (Fsp3) is 0.500. The minimum Gasteiger partial charge on any atom is -0.386 e. The highest BCUT2D eigenvalue weighted by molar-refractivity contribution is 5.31. The average Bonchev–Trinajstić information content (AvgIpc) is 2.01. The first kappa shape index (κ1) is 11.2. The quantitative estimate of drug-likeness (QED) is 0.788. The van der Waals surface area contributed by atoms with E-state index in [1.54, 1.807) is 13.8 Å². The Hall–Kier alpha value is -0.890. The van der Waals surface area contributed by atoms with Gasteiger partial charge in [0, 0.05) is 6.42 Å². The number of benzene rings is 1. The van der Waals surface area contributed by atoms with Gasteiger partial charge in [-0.2, -0.15) is 0 Å². The Labute approximate surface area is 84.6 Å². The predicted octanol–water partition coefficient (Wildman–Crippen LogP) is 2.81. The molecule has 0 bridgehead atoms. The zero-order valence-corrected chi connectivity index (χ0v) is 8.92. The van der Waals surface area contributed by atoms with Gasteiger partial charge in [0.2, 0.25) is 0 Å². The van der Waals surface area contributed by atoms with Crippen LogP contribution in [0.1, 0.15) is 31.9 Å². The molecule has 2 heteroatoms. The molecule has 1 rings (SSSR count). The molecular weight excluding hydrogens is 179 g/mol. The van der Waals surface area contributed by atoms with E-state index in [1.807, 2.05) is 24.3 Å². The average molecular weight is 196 g/mol. The molecule has 0 spiro atoms. The summed E-state index contributed by atoms with van der Waals surface area (Å²) in [5, 5.41) is 9.86. The number of hydrogen-bond donors (Lipinski definition) is 1. The molecule has 1 atom stereocenters. The highest BCUT2D eigenvalue weighted by Gasteiger charge is 2.19. The van der Waals surface area contributed by atoms with Crippen LogP contribution in [0.2, 0.25) is 0 Å². The van der Waals surface area contributed by atoms with Crippen molar-refractivity contribution in [3.63, 3.8) is 0 Å². The van der Waals surface area contributed by atoms with Gasteiger partial charge >= 0.3 is 0 Å². The van der Waals surface area contributed by atoms with Gasteiger partial charge in [0.25, 0.3) is 0 Å². The summed E-state index contributed by atoms with van der Waals surface area (Å²) >= 11 is 0. The van der Waals surface area contributed by atoms with E-state index in [0.717, 1.165) is 11.1 Å². The van der Waals surface area contributed by atoms with Gasteiger partial charge in [-0.25, -0.2) is 4.39 Å². The van der Waals surface area contributed by atoms with Crippen LogP contribution in [-0.2, 0) is 12.0 Å². The van der Waals surface area contributed by atoms with Gasteiger partial charge < -0.3 is 5.11 Å². The summed E-state index contributed by atoms with van der Waals surface area (Å²) in [6.45, 7) is 4.96. The minimum absolute atomic E-state index is 0.361. The van der Waals surface area contributed by atoms with E-state index in [2.05, 4.69) is 0 Å². The Morgan fingerprint density at radius 3 is 2.43 bits per heavy atom. The summed E-state index contributed by atoms with van der Waals surface area (Å²) < 4.78 is 12.9. The van der Waals surface area contributed by atoms with Crippen molar-refractivity contribution < 1.29 is 9.50 Å². The zero-order chi connectivity index (χ0) is 10.8. The summed E-state index contributed by atoms with van der Waals surface area (Å²) in [5.74, 6) is 0. The predicted molar refractivity (Wildman–Crippen MR) is 56.0 cm³/mol. The van der Waals surface area contributed by atoms with E-state index in [1.165, 1.54) is 6.92 Å². The van der Waals surface area contributed by atoms with Crippen LogP contribution in [-0.4, -0.2) is 11.3 Å². The fourth-order valence-corrected chi connectivity index (χ4v) is 1.60. The maximum Gasteiger partial charge on any atom is 0.101 e. The van der Waals surface area contributed by atoms with Gasteiger partial charge in [-0.3, -0.25) is 0 Å². The van der Waals surface area contributed by atoms with Crippen LogP contribution < -0.4 is 0 Å². The molecule has 0 aromatic heterocycles. The summed E-state index contributed by atoms with van der Waals surface area (Å²) in [7, 11) is 0. The van der Waals surface area contributed by atoms with Gasteiger partial charge in [-0.15, -0.1) is 0 Å². The molecule has 0 amide bonds. The van der Waals surface area contributed by atoms with E-state index in [0.29, 0.717) is 6.42 Å². The molecule has 0 radical (unpaired) electrons. The third-order valence-corrected chi connectivity index (χ3v) is 2.18. The van der Waals surface area contributed by atoms with Crippen molar-refractivity contribution in [2.45, 2.75) is 39.0 Å². The van der Waals surface area contributed by atoms with Gasteiger partial charge in [0.15, 0.2) is 0 Å². The van der Waals surface area contributed by atoms with Crippen molar-refractivity contribution in [3.8, 4) is 0 Å². The number of halogens is 1. The van der Waals surface area contributed by atoms with Gasteiger partial charge in [-0.1, -0.05) is 24.3 Å². The molecule has 0 aliphatic rings. The van der Waals surface area contributed by atoms with Crippen LogP contribution in [0.5, 0.6) is 0 Å². The van der Waals surface area contributed by atoms with E-state index < -0.39 is 11.8 Å². The molecule has 14 heavy (non-hydrogen) atoms. The normalized spacial score (nSPS) is 14.1. The molecule has 1 aromatic carbocycles. The molecule has 0 aliphatic heterocycles. The second kappa shape index (κ2) is 4.09. The SMILES string of the molecule is CC(F)Cc1ccccc1C(C)(C)O. The molecule has 0 saturated carbocycles. The maximum atomic E-state index is 12.9. The van der Waals surface area contributed by atoms with E-state index in [9.17, 15) is 9.50 Å². The fourth-order valence-electron chi connectivity index (χ4n) is 1.60. The van der Waals surface area contributed by atoms with Crippen LogP contribution in [0.4, 0.5) is 4.39 Å². The molecule has 1 N–H and O–H groups in total. The Bertz CT molecular complexity index is 299. The Morgan fingerprint density at radius 1 is 1.36 bits per heavy atom. The zero-order valence-electron chi connectivity index (χ0n) is 8.92. The van der Waals surface area contributed by atoms with Crippen molar-refractivity contribution >= 4 is 0 Å². The Kier molecular flexibility index (Phi) is 3.27. The molecule has 0 aliphatic carbocycles. The van der Waals surface area contributed by atoms with Crippen LogP contribution in [0.3, 0.4) is 0 Å². The first-order valence-electron chi connectivity index (χ1n) is 4.86. The smallest absolute Gasteiger partial charge is 0.101 e. The number of hydrogen-bond acceptors (Lipinski definition) is 1. The molecule has 78 valence electrons. The van der Waals surface area contributed by atoms with Crippen LogP contribution in [0.15, 0.2) is 24.3 Å². The Morgan fingerprint density at radius 2 is 1.93 bits per heavy atom. The number of alkyl halides is 1. The van der Waals surface area contributed by atoms with Gasteiger partial charge in [0.05, 0.1) is 5.60 Å². The molecule has 1 unspecified atom stereocenters. The molecule has 0 fully saturated rings. The van der Waals surface area contributed by atoms with Crippen molar-refractivity contribution in [2.75, 3.05) is 0 Å². The van der Waals surface area contributed by atoms with Crippen molar-refractivity contribution in [1.82, 2.24) is 0 Å². The molecule has 1 nitrogen and oxygen atoms in total. The van der Waals surface area contributed by atoms with Gasteiger partial charge in [0.1, 0.15) is 6.17 Å². The maximum absolute atomic E-state index is 12.9. The lowest BCUT2D eigenvalue weighted by Gasteiger charge is -2.21. The largest absolute Gasteiger partial charge is 0.386 e. The molecule has 0 heterocycles. The van der Waals surface area contributed by atoms with Crippen molar-refractivity contribution in [2.24, 2.45) is 0 Å². The second-order valence-electron chi connectivity index (χ2n) is 4.20. The highest BCUT2D eigenvalue weighted by atomic mass is 19.1. The third-order valence-electron chi connectivity index (χ3n) is 2.18. The topological polar surface area (TPSA) is 20.2 Å². The number of aliphatic hydroxyl groups is 1. The standard InChI is InChI=1S/C12H17FO/c1-9(13)8-10-6-4-5-7-11(10)12(2,3)14/h4-7,9,14H,8H2,1-3H3. The molecule has 1 aromatic rings. The van der Waals surface area contributed by atoms with E-state index >= 15 is 0 Å². The molecule has 0 saturated heterocycles. The lowest BCUT2D eigenvalue weighted by Crippen LogP contribution is -2.19. The summed E-state index contributed by atoms with van der Waals surface area (Å²) in [6.07, 6.45) is -0.515. The highest BCUT2D eigenvalue weighted by Crippen LogP contribution is 2.24. The van der Waals surface area contributed by atoms with Crippen molar-refractivity contribution in [3.05, 3.63) is 35.4 Å². The van der Waals surface area contributed by atoms with Crippen LogP contribution in [0, 0.1) is 0 Å². The third kappa shape index (κ3) is 2.81. The lowest BCUT2D eigenvalue weighted by atomic mass is 9.91. The van der Waals surface area contributed by atoms with Crippen LogP contribution in [0.25, 0.3) is 0 Å². The van der Waals surface area contributed by atoms with Crippen molar-refractivity contribution in [1.29, 1.82) is 0 Å². The number of rotatable bonds is 3. The lowest BCUT2D eigenvalue weighted by molar-refractivity contribution is 0.0773. The van der Waals surface area contributed by atoms with Gasteiger partial charge in [-0.05, 0) is 31.9 Å². The van der Waals surface area contributed by atoms with Crippen LogP contribution >= 0.6 is 0 Å². The minimum atomic E-state index is -0.897. The monoisotopic (exact) mass is 196 g/mol. The second-order valence-corrected chi connectivity index (χ2v) is 4.20. The summed E-state index contributed by atoms with van der Waals surface area (Å²) in [5.41, 5.74) is 0.797. The summed E-state index contributed by atoms with van der Waals surface area (Å²) in [6, 6.07) is 7.44. The van der Waals surface area contributed by atoms with E-state index in [-0.39, 0.29) is 0 Å². The first-order valence-corrected chi connectivity index (χ1v) is 4.86. The first-order chi connectivity index (χ1) is 6.41. The summed E-state index contributed by atoms with van der Waals surface area (Å²) in [4.78, 5) is 0.